The van der Waals surface area contributed by atoms with Gasteiger partial charge < -0.3 is 46.1 Å². The maximum atomic E-state index is 13.4. The minimum absolute atomic E-state index is 0.0483. The molecule has 4 aromatic rings. The molecule has 0 saturated heterocycles. The maximum absolute atomic E-state index is 13.4. The quantitative estimate of drug-likeness (QED) is 0.0430. The number of benzene rings is 4. The van der Waals surface area contributed by atoms with Crippen molar-refractivity contribution in [2.45, 2.75) is 44.4 Å². The number of hydrogen-bond acceptors (Lipinski definition) is 10. The molecule has 0 aliphatic heterocycles. The van der Waals surface area contributed by atoms with Gasteiger partial charge in [0.25, 0.3) is 0 Å². The highest BCUT2D eigenvalue weighted by Crippen LogP contribution is 2.32. The first kappa shape index (κ1) is 33.1. The van der Waals surface area contributed by atoms with E-state index in [1.165, 1.54) is 0 Å². The van der Waals surface area contributed by atoms with Crippen molar-refractivity contribution in [3.63, 3.8) is 0 Å². The lowest BCUT2D eigenvalue weighted by molar-refractivity contribution is 0.0181. The van der Waals surface area contributed by atoms with Crippen LogP contribution in [-0.4, -0.2) is 46.3 Å². The fourth-order valence-corrected chi connectivity index (χ4v) is 5.06. The van der Waals surface area contributed by atoms with Gasteiger partial charge in [-0.05, 0) is 91.9 Å². The molecule has 0 aromatic heterocycles. The van der Waals surface area contributed by atoms with E-state index in [4.69, 9.17) is 40.8 Å². The van der Waals surface area contributed by atoms with Crippen molar-refractivity contribution in [1.82, 2.24) is 5.32 Å². The highest BCUT2D eigenvalue weighted by molar-refractivity contribution is 5.97. The monoisotopic (exact) mass is 653 g/mol. The van der Waals surface area contributed by atoms with Crippen molar-refractivity contribution in [2.24, 2.45) is 21.8 Å². The molecular weight excluding hydrogens is 618 g/mol. The predicted molar refractivity (Wildman–Crippen MR) is 176 cm³/mol. The van der Waals surface area contributed by atoms with Gasteiger partial charge in [-0.15, -0.1) is 0 Å². The second kappa shape index (κ2) is 15.9. The number of amides is 1. The fraction of sp³-hybridized carbons (Fsp3) is 0.200. The Balaban J connectivity index is 1.24. The summed E-state index contributed by atoms with van der Waals surface area (Å²) in [6.45, 7) is 0.186. The lowest BCUT2D eigenvalue weighted by Gasteiger charge is -2.28. The molecule has 1 aliphatic rings. The van der Waals surface area contributed by atoms with Crippen molar-refractivity contribution in [3.05, 3.63) is 119 Å². The third-order valence-corrected chi connectivity index (χ3v) is 7.59. The van der Waals surface area contributed by atoms with E-state index in [-0.39, 0.29) is 36.0 Å². The van der Waals surface area contributed by atoms with Gasteiger partial charge in [0.05, 0.1) is 5.56 Å². The summed E-state index contributed by atoms with van der Waals surface area (Å²) in [6, 6.07) is 27.1. The number of nitrogens with one attached hydrogen (secondary N) is 1. The Morgan fingerprint density at radius 2 is 1.21 bits per heavy atom. The summed E-state index contributed by atoms with van der Waals surface area (Å²) in [7, 11) is 0. The predicted octanol–water partition coefficient (Wildman–Crippen LogP) is 5.85. The molecule has 0 bridgehead atoms. The molecule has 0 unspecified atom stereocenters. The number of nitrogens with zero attached hydrogens (tertiary/aromatic N) is 2. The second-order valence-electron chi connectivity index (χ2n) is 11.0. The standard InChI is InChI=1S/C35H35N5O8/c36-32(39-43)23-6-12-27(13-7-23)46-30-18-25(19-31(20-30)47-28-14-8-24(9-15-28)33(37)40-44)34(41)48-29-16-10-26(11-17-29)38-35(42)45-21-22-4-2-1-3-5-22/h1-9,12-15,18-20,26,29,43-44H,10-11,16-17,21H2,(H2,36,39)(H2,37,40)(H,38,42). The number of oxime groups is 2. The van der Waals surface area contributed by atoms with Gasteiger partial charge >= 0.3 is 12.1 Å². The van der Waals surface area contributed by atoms with Gasteiger partial charge in [0, 0.05) is 23.2 Å². The van der Waals surface area contributed by atoms with Crippen LogP contribution in [0.5, 0.6) is 23.0 Å². The number of hydrogen-bond donors (Lipinski definition) is 5. The smallest absolute Gasteiger partial charge is 0.407 e. The fourth-order valence-electron chi connectivity index (χ4n) is 5.06. The Hall–Kier alpha value is -6.24. The van der Waals surface area contributed by atoms with Crippen molar-refractivity contribution < 1.29 is 39.0 Å². The van der Waals surface area contributed by atoms with Crippen LogP contribution < -0.4 is 26.3 Å². The molecule has 0 heterocycles. The maximum Gasteiger partial charge on any atom is 0.407 e. The van der Waals surface area contributed by atoms with Crippen molar-refractivity contribution in [2.75, 3.05) is 0 Å². The van der Waals surface area contributed by atoms with E-state index in [0.717, 1.165) is 5.56 Å². The van der Waals surface area contributed by atoms with Crippen LogP contribution in [0.15, 0.2) is 107 Å². The van der Waals surface area contributed by atoms with Gasteiger partial charge in [-0.1, -0.05) is 40.6 Å². The zero-order chi connectivity index (χ0) is 33.9. The number of alkyl carbamates (subject to hydrolysis) is 1. The summed E-state index contributed by atoms with van der Waals surface area (Å²) < 4.78 is 23.2. The lowest BCUT2D eigenvalue weighted by Crippen LogP contribution is -2.39. The Labute approximate surface area is 276 Å². The summed E-state index contributed by atoms with van der Waals surface area (Å²) in [5, 5.41) is 26.7. The van der Waals surface area contributed by atoms with Crippen molar-refractivity contribution in [1.29, 1.82) is 0 Å². The van der Waals surface area contributed by atoms with Crippen LogP contribution >= 0.6 is 0 Å². The highest BCUT2D eigenvalue weighted by atomic mass is 16.6. The van der Waals surface area contributed by atoms with Crippen LogP contribution in [0.25, 0.3) is 0 Å². The molecule has 13 heteroatoms. The van der Waals surface area contributed by atoms with E-state index in [0.29, 0.717) is 59.8 Å². The van der Waals surface area contributed by atoms with Gasteiger partial charge in [-0.25, -0.2) is 9.59 Å². The number of carbonyl (C=O) groups is 2. The molecular formula is C35H35N5O8. The molecule has 4 aromatic carbocycles. The summed E-state index contributed by atoms with van der Waals surface area (Å²) in [4.78, 5) is 25.7. The molecule has 0 atom stereocenters. The first-order valence-electron chi connectivity index (χ1n) is 15.1. The summed E-state index contributed by atoms with van der Waals surface area (Å²) in [6.07, 6.45) is 1.55. The minimum Gasteiger partial charge on any atom is -0.459 e. The SMILES string of the molecule is N/C(=N\O)c1ccc(Oc2cc(Oc3ccc(/C(N)=N/O)cc3)cc(C(=O)OC3CCC(NC(=O)OCc4ccccc4)CC3)c2)cc1. The average Bonchev–Trinajstić information content (AvgIpc) is 3.12. The molecule has 13 nitrogen and oxygen atoms in total. The first-order chi connectivity index (χ1) is 23.3. The normalized spacial score (nSPS) is 16.4. The molecule has 0 spiro atoms. The Morgan fingerprint density at radius 3 is 1.71 bits per heavy atom. The number of esters is 1. The Kier molecular flexibility index (Phi) is 10.9. The second-order valence-corrected chi connectivity index (χ2v) is 11.0. The number of rotatable bonds is 11. The van der Waals surface area contributed by atoms with Crippen molar-refractivity contribution >= 4 is 23.7 Å². The van der Waals surface area contributed by atoms with Crippen LogP contribution in [0.2, 0.25) is 0 Å². The van der Waals surface area contributed by atoms with Gasteiger partial charge in [0.1, 0.15) is 35.7 Å². The number of nitrogens with two attached hydrogens (primary N) is 2. The third kappa shape index (κ3) is 9.16. The van der Waals surface area contributed by atoms with Crippen LogP contribution in [0.1, 0.15) is 52.7 Å². The van der Waals surface area contributed by atoms with E-state index < -0.39 is 12.1 Å². The molecule has 7 N–H and O–H groups in total. The van der Waals surface area contributed by atoms with Gasteiger partial charge in [0.2, 0.25) is 0 Å². The minimum atomic E-state index is -0.562. The Morgan fingerprint density at radius 1 is 0.688 bits per heavy atom. The summed E-state index contributed by atoms with van der Waals surface area (Å²) >= 11 is 0. The van der Waals surface area contributed by atoms with Gasteiger partial charge in [-0.3, -0.25) is 0 Å². The van der Waals surface area contributed by atoms with E-state index in [9.17, 15) is 9.59 Å². The first-order valence-corrected chi connectivity index (χ1v) is 15.1. The molecule has 48 heavy (non-hydrogen) atoms. The largest absolute Gasteiger partial charge is 0.459 e. The topological polar surface area (TPSA) is 200 Å². The summed E-state index contributed by atoms with van der Waals surface area (Å²) in [5.41, 5.74) is 13.4. The van der Waals surface area contributed by atoms with Gasteiger partial charge in [-0.2, -0.15) is 0 Å². The van der Waals surface area contributed by atoms with Gasteiger partial charge in [0.15, 0.2) is 11.7 Å². The highest BCUT2D eigenvalue weighted by Gasteiger charge is 2.26. The van der Waals surface area contributed by atoms with Crippen LogP contribution in [0, 0.1) is 0 Å². The number of carbonyl (C=O) groups excluding carboxylic acids is 2. The van der Waals surface area contributed by atoms with Crippen molar-refractivity contribution in [3.8, 4) is 23.0 Å². The third-order valence-electron chi connectivity index (χ3n) is 7.59. The van der Waals surface area contributed by atoms with Crippen LogP contribution in [-0.2, 0) is 16.1 Å². The Bertz CT molecular complexity index is 1670. The van der Waals surface area contributed by atoms with E-state index in [2.05, 4.69) is 15.6 Å². The summed E-state index contributed by atoms with van der Waals surface area (Å²) in [5.74, 6) is 0.793. The number of amidine groups is 2. The molecule has 1 aliphatic carbocycles. The lowest BCUT2D eigenvalue weighted by atomic mass is 9.93. The average molecular weight is 654 g/mol. The molecule has 0 radical (unpaired) electrons. The zero-order valence-electron chi connectivity index (χ0n) is 25.8. The van der Waals surface area contributed by atoms with Crippen LogP contribution in [0.4, 0.5) is 4.79 Å². The number of ether oxygens (including phenoxy) is 4. The zero-order valence-corrected chi connectivity index (χ0v) is 25.8. The van der Waals surface area contributed by atoms with Crippen LogP contribution in [0.3, 0.4) is 0 Å². The van der Waals surface area contributed by atoms with E-state index in [1.807, 2.05) is 30.3 Å². The molecule has 1 amide bonds. The van der Waals surface area contributed by atoms with E-state index in [1.54, 1.807) is 66.7 Å². The van der Waals surface area contributed by atoms with E-state index >= 15 is 0 Å². The molecule has 248 valence electrons. The molecule has 1 saturated carbocycles. The molecule has 5 rings (SSSR count). The molecule has 1 fully saturated rings.